The van der Waals surface area contributed by atoms with E-state index >= 15 is 0 Å². The lowest BCUT2D eigenvalue weighted by atomic mass is 10.0. The van der Waals surface area contributed by atoms with Crippen molar-refractivity contribution in [3.63, 3.8) is 0 Å². The summed E-state index contributed by atoms with van der Waals surface area (Å²) < 4.78 is 10.7. The molecule has 2 heterocycles. The molecule has 82 valence electrons. The summed E-state index contributed by atoms with van der Waals surface area (Å²) in [6, 6.07) is 5.54. The number of rotatable bonds is 2. The van der Waals surface area contributed by atoms with E-state index in [1.807, 2.05) is 18.2 Å². The van der Waals surface area contributed by atoms with Gasteiger partial charge < -0.3 is 19.7 Å². The molecule has 4 heteroatoms. The summed E-state index contributed by atoms with van der Waals surface area (Å²) in [4.78, 5) is 0. The fraction of sp³-hybridized carbons (Fsp3) is 0.167. The van der Waals surface area contributed by atoms with Gasteiger partial charge in [-0.15, -0.1) is 0 Å². The Balaban J connectivity index is 2.46. The minimum Gasteiger partial charge on any atom is -0.464 e. The predicted octanol–water partition coefficient (Wildman–Crippen LogP) is 2.17. The minimum atomic E-state index is -0.741. The second-order valence-electron chi connectivity index (χ2n) is 3.71. The van der Waals surface area contributed by atoms with E-state index in [0.717, 1.165) is 16.4 Å². The van der Waals surface area contributed by atoms with E-state index in [1.165, 1.54) is 0 Å². The normalized spacial score (nSPS) is 13.6. The summed E-state index contributed by atoms with van der Waals surface area (Å²) in [5.74, 6) is 0. The number of fused-ring (bicyclic) bond motifs is 2. The van der Waals surface area contributed by atoms with Crippen LogP contribution in [0.4, 0.5) is 0 Å². The summed E-state index contributed by atoms with van der Waals surface area (Å²) in [7, 11) is 0. The molecule has 0 radical (unpaired) electrons. The largest absolute Gasteiger partial charge is 0.464 e. The van der Waals surface area contributed by atoms with Gasteiger partial charge >= 0.3 is 0 Å². The second-order valence-corrected chi connectivity index (χ2v) is 3.71. The van der Waals surface area contributed by atoms with Crippen molar-refractivity contribution in [3.8, 4) is 0 Å². The zero-order chi connectivity index (χ0) is 11.1. The highest BCUT2D eigenvalue weighted by Crippen LogP contribution is 2.33. The maximum Gasteiger partial charge on any atom is 0.140 e. The molecule has 1 atom stereocenters. The summed E-state index contributed by atoms with van der Waals surface area (Å²) in [5.41, 5.74) is 7.61. The standard InChI is InChI=1S/C12H11NO3/c13-6-9(14)11-8-2-4-15-10(8)5-7-1-3-16-12(7)11/h1-5,9,14H,6,13H2. The molecule has 2 aromatic heterocycles. The molecular formula is C12H11NO3. The molecule has 0 aliphatic heterocycles. The average molecular weight is 217 g/mol. The highest BCUT2D eigenvalue weighted by atomic mass is 16.3. The van der Waals surface area contributed by atoms with Crippen LogP contribution < -0.4 is 5.73 Å². The van der Waals surface area contributed by atoms with Crippen LogP contribution in [0.5, 0.6) is 0 Å². The molecular weight excluding hydrogens is 206 g/mol. The van der Waals surface area contributed by atoms with Gasteiger partial charge in [0.25, 0.3) is 0 Å². The van der Waals surface area contributed by atoms with Crippen molar-refractivity contribution in [3.05, 3.63) is 36.3 Å². The highest BCUT2D eigenvalue weighted by Gasteiger charge is 2.18. The van der Waals surface area contributed by atoms with Gasteiger partial charge in [0.2, 0.25) is 0 Å². The minimum absolute atomic E-state index is 0.153. The van der Waals surface area contributed by atoms with Crippen molar-refractivity contribution in [2.45, 2.75) is 6.10 Å². The van der Waals surface area contributed by atoms with Crippen LogP contribution in [0.25, 0.3) is 21.9 Å². The number of nitrogens with two attached hydrogens (primary N) is 1. The molecule has 0 aliphatic carbocycles. The Morgan fingerprint density at radius 2 is 2.06 bits per heavy atom. The van der Waals surface area contributed by atoms with Crippen LogP contribution in [0.2, 0.25) is 0 Å². The maximum atomic E-state index is 9.94. The number of benzene rings is 1. The van der Waals surface area contributed by atoms with E-state index in [-0.39, 0.29) is 6.54 Å². The van der Waals surface area contributed by atoms with Gasteiger partial charge in [-0.2, -0.15) is 0 Å². The Labute approximate surface area is 91.2 Å². The van der Waals surface area contributed by atoms with Crippen LogP contribution in [-0.2, 0) is 0 Å². The third-order valence-corrected chi connectivity index (χ3v) is 2.77. The lowest BCUT2D eigenvalue weighted by molar-refractivity contribution is 0.188. The van der Waals surface area contributed by atoms with Gasteiger partial charge in [-0.05, 0) is 18.2 Å². The molecule has 0 spiro atoms. The first-order chi connectivity index (χ1) is 7.81. The zero-order valence-corrected chi connectivity index (χ0v) is 8.51. The summed E-state index contributed by atoms with van der Waals surface area (Å²) in [5, 5.41) is 11.7. The first kappa shape index (κ1) is 9.45. The topological polar surface area (TPSA) is 72.5 Å². The number of furan rings is 2. The Kier molecular flexibility index (Phi) is 1.99. The quantitative estimate of drug-likeness (QED) is 0.690. The Morgan fingerprint density at radius 3 is 2.88 bits per heavy atom. The highest BCUT2D eigenvalue weighted by molar-refractivity contribution is 5.97. The lowest BCUT2D eigenvalue weighted by Crippen LogP contribution is -2.11. The van der Waals surface area contributed by atoms with Crippen LogP contribution in [0.15, 0.2) is 39.6 Å². The van der Waals surface area contributed by atoms with E-state index in [2.05, 4.69) is 0 Å². The smallest absolute Gasteiger partial charge is 0.140 e. The van der Waals surface area contributed by atoms with E-state index in [1.54, 1.807) is 12.5 Å². The van der Waals surface area contributed by atoms with Gasteiger partial charge in [-0.1, -0.05) is 0 Å². The lowest BCUT2D eigenvalue weighted by Gasteiger charge is -2.09. The third kappa shape index (κ3) is 1.17. The fourth-order valence-corrected chi connectivity index (χ4v) is 2.02. The van der Waals surface area contributed by atoms with E-state index < -0.39 is 6.10 Å². The molecule has 0 aliphatic rings. The molecule has 0 saturated carbocycles. The van der Waals surface area contributed by atoms with Crippen LogP contribution in [0, 0.1) is 0 Å². The maximum absolute atomic E-state index is 9.94. The van der Waals surface area contributed by atoms with Crippen LogP contribution >= 0.6 is 0 Å². The van der Waals surface area contributed by atoms with Crippen LogP contribution in [0.3, 0.4) is 0 Å². The Bertz CT molecular complexity index is 589. The van der Waals surface area contributed by atoms with Crippen LogP contribution in [-0.4, -0.2) is 11.7 Å². The van der Waals surface area contributed by atoms with Crippen molar-refractivity contribution < 1.29 is 13.9 Å². The molecule has 0 amide bonds. The number of aliphatic hydroxyl groups is 1. The van der Waals surface area contributed by atoms with Crippen molar-refractivity contribution in [2.24, 2.45) is 5.73 Å². The number of aliphatic hydroxyl groups excluding tert-OH is 1. The summed E-state index contributed by atoms with van der Waals surface area (Å²) in [6.07, 6.45) is 2.45. The summed E-state index contributed by atoms with van der Waals surface area (Å²) >= 11 is 0. The van der Waals surface area contributed by atoms with E-state index in [9.17, 15) is 5.11 Å². The average Bonchev–Trinajstić information content (AvgIpc) is 2.91. The second kappa shape index (κ2) is 3.37. The monoisotopic (exact) mass is 217 g/mol. The molecule has 3 aromatic rings. The summed E-state index contributed by atoms with van der Waals surface area (Å²) in [6.45, 7) is 0.153. The Morgan fingerprint density at radius 1 is 1.25 bits per heavy atom. The molecule has 1 unspecified atom stereocenters. The molecule has 0 saturated heterocycles. The zero-order valence-electron chi connectivity index (χ0n) is 8.51. The van der Waals surface area contributed by atoms with Crippen molar-refractivity contribution in [2.75, 3.05) is 6.54 Å². The van der Waals surface area contributed by atoms with Gasteiger partial charge in [0.1, 0.15) is 11.2 Å². The molecule has 0 bridgehead atoms. The number of hydrogen-bond acceptors (Lipinski definition) is 4. The number of hydrogen-bond donors (Lipinski definition) is 2. The van der Waals surface area contributed by atoms with Gasteiger partial charge in [0, 0.05) is 22.9 Å². The van der Waals surface area contributed by atoms with Crippen LogP contribution in [0.1, 0.15) is 11.7 Å². The molecule has 16 heavy (non-hydrogen) atoms. The SMILES string of the molecule is NCC(O)c1c2ccoc2cc2ccoc12. The van der Waals surface area contributed by atoms with Gasteiger partial charge in [-0.25, -0.2) is 0 Å². The molecule has 3 rings (SSSR count). The first-order valence-electron chi connectivity index (χ1n) is 5.06. The van der Waals surface area contributed by atoms with E-state index in [0.29, 0.717) is 11.1 Å². The predicted molar refractivity (Wildman–Crippen MR) is 60.0 cm³/mol. The molecule has 4 nitrogen and oxygen atoms in total. The Hall–Kier alpha value is -1.78. The molecule has 3 N–H and O–H groups in total. The first-order valence-corrected chi connectivity index (χ1v) is 5.06. The van der Waals surface area contributed by atoms with E-state index in [4.69, 9.17) is 14.6 Å². The third-order valence-electron chi connectivity index (χ3n) is 2.77. The molecule has 1 aromatic carbocycles. The molecule has 0 fully saturated rings. The van der Waals surface area contributed by atoms with Crippen molar-refractivity contribution in [1.82, 2.24) is 0 Å². The fourth-order valence-electron chi connectivity index (χ4n) is 2.02. The van der Waals surface area contributed by atoms with Crippen molar-refractivity contribution >= 4 is 21.9 Å². The van der Waals surface area contributed by atoms with Crippen molar-refractivity contribution in [1.29, 1.82) is 0 Å². The van der Waals surface area contributed by atoms with Gasteiger partial charge in [0.05, 0.1) is 18.6 Å². The van der Waals surface area contributed by atoms with Gasteiger partial charge in [-0.3, -0.25) is 0 Å². The van der Waals surface area contributed by atoms with Gasteiger partial charge in [0.15, 0.2) is 0 Å².